The van der Waals surface area contributed by atoms with Crippen molar-refractivity contribution in [3.05, 3.63) is 106 Å². The van der Waals surface area contributed by atoms with Crippen LogP contribution in [0.1, 0.15) is 113 Å². The summed E-state index contributed by atoms with van der Waals surface area (Å²) in [4.78, 5) is 50.4. The molecule has 0 fully saturated rings. The van der Waals surface area contributed by atoms with Gasteiger partial charge in [-0.25, -0.2) is 19.2 Å². The SMILES string of the molecule is CCCCCCCCCCOc1ccc(-c2ccc(C(=O)Oc3ccc(-c4ccc(C(=O)OC(C)C(=O)OC(C)C(=O)OCC(C)CC)cc4)cc3Cl)cc2)cc1Cl. The molecule has 3 unspecified atom stereocenters. The Morgan fingerprint density at radius 3 is 1.57 bits per heavy atom. The first kappa shape index (κ1) is 45.8. The van der Waals surface area contributed by atoms with Gasteiger partial charge in [-0.15, -0.1) is 0 Å². The van der Waals surface area contributed by atoms with Crippen molar-refractivity contribution in [1.82, 2.24) is 0 Å². The molecule has 0 heterocycles. The summed E-state index contributed by atoms with van der Waals surface area (Å²) in [6, 6.07) is 24.2. The molecule has 310 valence electrons. The average molecular weight is 834 g/mol. The van der Waals surface area contributed by atoms with E-state index in [9.17, 15) is 19.2 Å². The summed E-state index contributed by atoms with van der Waals surface area (Å²) in [7, 11) is 0. The molecule has 0 spiro atoms. The van der Waals surface area contributed by atoms with Crippen molar-refractivity contribution < 1.29 is 42.9 Å². The van der Waals surface area contributed by atoms with Crippen LogP contribution in [0.25, 0.3) is 22.3 Å². The number of rotatable bonds is 22. The van der Waals surface area contributed by atoms with Gasteiger partial charge in [0.1, 0.15) is 11.5 Å². The minimum atomic E-state index is -1.25. The average Bonchev–Trinajstić information content (AvgIpc) is 3.23. The second-order valence-electron chi connectivity index (χ2n) is 14.4. The Morgan fingerprint density at radius 1 is 0.552 bits per heavy atom. The monoisotopic (exact) mass is 832 g/mol. The van der Waals surface area contributed by atoms with Gasteiger partial charge in [-0.1, -0.05) is 132 Å². The van der Waals surface area contributed by atoms with E-state index in [1.165, 1.54) is 52.4 Å². The molecular weight excluding hydrogens is 779 g/mol. The quantitative estimate of drug-likeness (QED) is 0.0330. The summed E-state index contributed by atoms with van der Waals surface area (Å²) in [5, 5.41) is 0.751. The van der Waals surface area contributed by atoms with Gasteiger partial charge in [0.15, 0.2) is 12.2 Å². The first-order chi connectivity index (χ1) is 27.9. The maximum absolute atomic E-state index is 13.0. The van der Waals surface area contributed by atoms with E-state index in [2.05, 4.69) is 6.92 Å². The molecule has 0 amide bonds. The lowest BCUT2D eigenvalue weighted by molar-refractivity contribution is -0.172. The molecule has 4 aromatic rings. The summed E-state index contributed by atoms with van der Waals surface area (Å²) in [6.45, 7) is 9.77. The number of hydrogen-bond acceptors (Lipinski definition) is 9. The summed E-state index contributed by atoms with van der Waals surface area (Å²) in [5.41, 5.74) is 3.76. The first-order valence-electron chi connectivity index (χ1n) is 20.1. The molecule has 4 aromatic carbocycles. The smallest absolute Gasteiger partial charge is 0.348 e. The molecule has 0 aliphatic heterocycles. The van der Waals surface area contributed by atoms with Crippen LogP contribution in [-0.4, -0.2) is 49.3 Å². The second kappa shape index (κ2) is 23.5. The predicted molar refractivity (Wildman–Crippen MR) is 228 cm³/mol. The van der Waals surface area contributed by atoms with Crippen LogP contribution in [0.15, 0.2) is 84.9 Å². The minimum Gasteiger partial charge on any atom is -0.492 e. The maximum Gasteiger partial charge on any atom is 0.348 e. The first-order valence-corrected chi connectivity index (χ1v) is 20.9. The fourth-order valence-electron chi connectivity index (χ4n) is 5.79. The highest BCUT2D eigenvalue weighted by Gasteiger charge is 2.26. The van der Waals surface area contributed by atoms with E-state index in [1.807, 2.05) is 44.2 Å². The molecule has 0 saturated heterocycles. The van der Waals surface area contributed by atoms with E-state index in [1.54, 1.807) is 54.6 Å². The number of carbonyl (C=O) groups excluding carboxylic acids is 4. The van der Waals surface area contributed by atoms with Gasteiger partial charge < -0.3 is 23.7 Å². The van der Waals surface area contributed by atoms with Crippen LogP contribution in [-0.2, 0) is 23.8 Å². The van der Waals surface area contributed by atoms with Crippen LogP contribution in [0, 0.1) is 5.92 Å². The van der Waals surface area contributed by atoms with Crippen molar-refractivity contribution in [2.24, 2.45) is 5.92 Å². The van der Waals surface area contributed by atoms with Crippen LogP contribution in [0.3, 0.4) is 0 Å². The zero-order valence-corrected chi connectivity index (χ0v) is 35.5. The Kier molecular flexibility index (Phi) is 18.6. The molecule has 0 aliphatic rings. The van der Waals surface area contributed by atoms with Crippen LogP contribution >= 0.6 is 23.2 Å². The molecule has 9 nitrogen and oxygen atoms in total. The number of ether oxygens (including phenoxy) is 5. The molecule has 58 heavy (non-hydrogen) atoms. The summed E-state index contributed by atoms with van der Waals surface area (Å²) in [5.74, 6) is -1.82. The van der Waals surface area contributed by atoms with Crippen LogP contribution in [0.4, 0.5) is 0 Å². The maximum atomic E-state index is 13.0. The van der Waals surface area contributed by atoms with E-state index in [0.29, 0.717) is 28.5 Å². The van der Waals surface area contributed by atoms with Gasteiger partial charge in [-0.05, 0) is 97.0 Å². The van der Waals surface area contributed by atoms with E-state index < -0.39 is 36.1 Å². The Balaban J connectivity index is 1.25. The normalized spacial score (nSPS) is 12.5. The second-order valence-corrected chi connectivity index (χ2v) is 15.2. The fraction of sp³-hybridized carbons (Fsp3) is 0.404. The van der Waals surface area contributed by atoms with E-state index in [-0.39, 0.29) is 28.9 Å². The van der Waals surface area contributed by atoms with Crippen LogP contribution in [0.5, 0.6) is 11.5 Å². The van der Waals surface area contributed by atoms with Crippen molar-refractivity contribution in [2.75, 3.05) is 13.2 Å². The largest absolute Gasteiger partial charge is 0.492 e. The van der Waals surface area contributed by atoms with E-state index in [0.717, 1.165) is 36.0 Å². The zero-order chi connectivity index (χ0) is 42.0. The third kappa shape index (κ3) is 14.2. The van der Waals surface area contributed by atoms with E-state index >= 15 is 0 Å². The van der Waals surface area contributed by atoms with Gasteiger partial charge in [-0.3, -0.25) is 0 Å². The van der Waals surface area contributed by atoms with Crippen LogP contribution in [0.2, 0.25) is 10.0 Å². The van der Waals surface area contributed by atoms with Gasteiger partial charge in [0, 0.05) is 0 Å². The molecule has 3 atom stereocenters. The molecule has 0 saturated carbocycles. The molecule has 0 N–H and O–H groups in total. The number of hydrogen-bond donors (Lipinski definition) is 0. The Bertz CT molecular complexity index is 1960. The summed E-state index contributed by atoms with van der Waals surface area (Å²) in [6.07, 6.45) is 8.31. The molecule has 0 aromatic heterocycles. The Hall–Kier alpha value is -4.86. The summed E-state index contributed by atoms with van der Waals surface area (Å²) >= 11 is 13.1. The van der Waals surface area contributed by atoms with Gasteiger partial charge in [0.05, 0.1) is 34.4 Å². The number of carbonyl (C=O) groups is 4. The number of unbranched alkanes of at least 4 members (excludes halogenated alkanes) is 7. The van der Waals surface area contributed by atoms with Gasteiger partial charge >= 0.3 is 23.9 Å². The van der Waals surface area contributed by atoms with Gasteiger partial charge in [-0.2, -0.15) is 0 Å². The van der Waals surface area contributed by atoms with Gasteiger partial charge in [0.25, 0.3) is 0 Å². The number of esters is 4. The van der Waals surface area contributed by atoms with Crippen molar-refractivity contribution in [3.63, 3.8) is 0 Å². The van der Waals surface area contributed by atoms with Crippen molar-refractivity contribution >= 4 is 47.1 Å². The Labute approximate surface area is 352 Å². The highest BCUT2D eigenvalue weighted by Crippen LogP contribution is 2.33. The molecule has 0 aliphatic carbocycles. The highest BCUT2D eigenvalue weighted by molar-refractivity contribution is 6.32. The molecule has 4 rings (SSSR count). The lowest BCUT2D eigenvalue weighted by Gasteiger charge is -2.17. The van der Waals surface area contributed by atoms with Gasteiger partial charge in [0.2, 0.25) is 0 Å². The minimum absolute atomic E-state index is 0.182. The molecule has 11 heteroatoms. The summed E-state index contributed by atoms with van der Waals surface area (Å²) < 4.78 is 27.1. The molecular formula is C47H54Cl2O9. The van der Waals surface area contributed by atoms with Crippen LogP contribution < -0.4 is 9.47 Å². The van der Waals surface area contributed by atoms with Crippen molar-refractivity contribution in [1.29, 1.82) is 0 Å². The molecule has 0 bridgehead atoms. The lowest BCUT2D eigenvalue weighted by atomic mass is 10.0. The number of benzene rings is 4. The standard InChI is InChI=1S/C47H54Cl2O9/c1-6-8-9-10-11-12-13-14-27-54-42-25-23-38(28-40(42)48)34-17-21-37(22-18-34)47(53)58-43-26-24-39(29-41(43)49)35-15-19-36(20-16-35)46(52)57-33(5)45(51)56-32(4)44(50)55-30-31(3)7-2/h15-26,28-29,31-33H,6-14,27,30H2,1-5H3. The lowest BCUT2D eigenvalue weighted by Crippen LogP contribution is -2.33. The fourth-order valence-corrected chi connectivity index (χ4v) is 6.24. The highest BCUT2D eigenvalue weighted by atomic mass is 35.5. The zero-order valence-electron chi connectivity index (χ0n) is 34.0. The molecule has 0 radical (unpaired) electrons. The van der Waals surface area contributed by atoms with E-state index in [4.69, 9.17) is 46.9 Å². The van der Waals surface area contributed by atoms with Crippen molar-refractivity contribution in [2.45, 2.75) is 105 Å². The number of halogens is 2. The third-order valence-electron chi connectivity index (χ3n) is 9.68. The third-order valence-corrected chi connectivity index (χ3v) is 10.3. The van der Waals surface area contributed by atoms with Crippen molar-refractivity contribution in [3.8, 4) is 33.8 Å². The predicted octanol–water partition coefficient (Wildman–Crippen LogP) is 12.1. The topological polar surface area (TPSA) is 114 Å². The Morgan fingerprint density at radius 2 is 1.03 bits per heavy atom.